The fourth-order valence-electron chi connectivity index (χ4n) is 2.97. The molecule has 2 aromatic rings. The molecule has 0 fully saturated rings. The van der Waals surface area contributed by atoms with E-state index in [9.17, 15) is 4.79 Å². The van der Waals surface area contributed by atoms with Crippen LogP contribution in [0.25, 0.3) is 0 Å². The lowest BCUT2D eigenvalue weighted by molar-refractivity contribution is 0.0707. The molecule has 0 saturated carbocycles. The largest absolute Gasteiger partial charge is 0.384 e. The fourth-order valence-corrected chi connectivity index (χ4v) is 2.97. The van der Waals surface area contributed by atoms with Crippen LogP contribution >= 0.6 is 0 Å². The lowest BCUT2D eigenvalue weighted by Crippen LogP contribution is -2.38. The molecule has 1 aromatic carbocycles. The Morgan fingerprint density at radius 2 is 2.25 bits per heavy atom. The highest BCUT2D eigenvalue weighted by Crippen LogP contribution is 2.24. The molecular formula is C15H16N4O. The van der Waals surface area contributed by atoms with Crippen molar-refractivity contribution in [3.05, 3.63) is 47.5 Å². The van der Waals surface area contributed by atoms with Gasteiger partial charge in [-0.15, -0.1) is 0 Å². The number of benzene rings is 1. The molecular weight excluding hydrogens is 252 g/mol. The quantitative estimate of drug-likeness (QED) is 0.853. The summed E-state index contributed by atoms with van der Waals surface area (Å²) < 4.78 is 2.11. The molecule has 0 aliphatic carbocycles. The molecule has 5 nitrogen and oxygen atoms in total. The first-order valence-corrected chi connectivity index (χ1v) is 6.97. The Bertz CT molecular complexity index is 676. The Morgan fingerprint density at radius 1 is 1.30 bits per heavy atom. The third kappa shape index (κ3) is 1.78. The zero-order valence-corrected chi connectivity index (χ0v) is 11.2. The van der Waals surface area contributed by atoms with Crippen molar-refractivity contribution < 1.29 is 4.79 Å². The van der Waals surface area contributed by atoms with Crippen LogP contribution in [0.1, 0.15) is 21.7 Å². The summed E-state index contributed by atoms with van der Waals surface area (Å²) >= 11 is 0. The van der Waals surface area contributed by atoms with Crippen LogP contribution in [0, 0.1) is 0 Å². The fraction of sp³-hybridized carbons (Fsp3) is 0.333. The van der Waals surface area contributed by atoms with Crippen LogP contribution in [0.5, 0.6) is 0 Å². The van der Waals surface area contributed by atoms with Gasteiger partial charge in [-0.25, -0.2) is 4.98 Å². The van der Waals surface area contributed by atoms with Crippen molar-refractivity contribution in [1.29, 1.82) is 0 Å². The molecule has 2 aliphatic rings. The Labute approximate surface area is 117 Å². The van der Waals surface area contributed by atoms with Crippen molar-refractivity contribution in [2.24, 2.45) is 0 Å². The third-order valence-electron chi connectivity index (χ3n) is 4.09. The van der Waals surface area contributed by atoms with Crippen molar-refractivity contribution in [2.75, 3.05) is 18.4 Å². The average molecular weight is 268 g/mol. The number of imidazole rings is 1. The topological polar surface area (TPSA) is 50.2 Å². The molecule has 1 N–H and O–H groups in total. The number of carbonyl (C=O) groups is 1. The van der Waals surface area contributed by atoms with Gasteiger partial charge in [0.1, 0.15) is 5.82 Å². The van der Waals surface area contributed by atoms with Gasteiger partial charge in [0.2, 0.25) is 0 Å². The molecule has 1 aromatic heterocycles. The van der Waals surface area contributed by atoms with E-state index in [1.54, 1.807) is 6.20 Å². The minimum atomic E-state index is 0.106. The van der Waals surface area contributed by atoms with Gasteiger partial charge in [0.25, 0.3) is 5.91 Å². The first-order valence-electron chi connectivity index (χ1n) is 6.97. The van der Waals surface area contributed by atoms with Gasteiger partial charge in [0, 0.05) is 43.3 Å². The molecule has 0 radical (unpaired) electrons. The summed E-state index contributed by atoms with van der Waals surface area (Å²) in [6.45, 7) is 3.14. The number of hydrogen-bond acceptors (Lipinski definition) is 3. The molecule has 3 heterocycles. The molecule has 5 heteroatoms. The van der Waals surface area contributed by atoms with Gasteiger partial charge in [-0.1, -0.05) is 0 Å². The Hall–Kier alpha value is -2.30. The van der Waals surface area contributed by atoms with Crippen molar-refractivity contribution >= 4 is 11.6 Å². The highest BCUT2D eigenvalue weighted by Gasteiger charge is 2.23. The maximum absolute atomic E-state index is 12.6. The second kappa shape index (κ2) is 4.37. The second-order valence-corrected chi connectivity index (χ2v) is 5.31. The van der Waals surface area contributed by atoms with Crippen LogP contribution in [0.4, 0.5) is 5.69 Å². The molecule has 4 rings (SSSR count). The summed E-state index contributed by atoms with van der Waals surface area (Å²) in [4.78, 5) is 18.8. The summed E-state index contributed by atoms with van der Waals surface area (Å²) in [5.41, 5.74) is 3.19. The van der Waals surface area contributed by atoms with Crippen LogP contribution in [-0.4, -0.2) is 33.4 Å². The summed E-state index contributed by atoms with van der Waals surface area (Å²) in [6, 6.07) is 5.96. The molecule has 0 saturated heterocycles. The Morgan fingerprint density at radius 3 is 3.20 bits per heavy atom. The van der Waals surface area contributed by atoms with Crippen molar-refractivity contribution in [2.45, 2.75) is 19.5 Å². The zero-order valence-electron chi connectivity index (χ0n) is 11.2. The van der Waals surface area contributed by atoms with Gasteiger partial charge in [0.05, 0.1) is 6.54 Å². The second-order valence-electron chi connectivity index (χ2n) is 5.31. The number of nitrogens with one attached hydrogen (secondary N) is 1. The van der Waals surface area contributed by atoms with E-state index in [0.717, 1.165) is 43.1 Å². The molecule has 0 atom stereocenters. The van der Waals surface area contributed by atoms with Crippen LogP contribution in [0.2, 0.25) is 0 Å². The van der Waals surface area contributed by atoms with E-state index in [4.69, 9.17) is 0 Å². The SMILES string of the molecule is O=C(c1ccc2c(c1)CCN2)N1CCn2ccnc2C1. The summed E-state index contributed by atoms with van der Waals surface area (Å²) in [6.07, 6.45) is 4.77. The number of fused-ring (bicyclic) bond motifs is 2. The third-order valence-corrected chi connectivity index (χ3v) is 4.09. The van der Waals surface area contributed by atoms with E-state index in [-0.39, 0.29) is 5.91 Å². The highest BCUT2D eigenvalue weighted by molar-refractivity contribution is 5.95. The molecule has 2 aliphatic heterocycles. The molecule has 102 valence electrons. The molecule has 0 bridgehead atoms. The highest BCUT2D eigenvalue weighted by atomic mass is 16.2. The number of nitrogens with zero attached hydrogens (tertiary/aromatic N) is 3. The van der Waals surface area contributed by atoms with Crippen molar-refractivity contribution in [3.8, 4) is 0 Å². The molecule has 1 amide bonds. The molecule has 0 unspecified atom stereocenters. The monoisotopic (exact) mass is 268 g/mol. The van der Waals surface area contributed by atoms with E-state index in [0.29, 0.717) is 6.54 Å². The number of anilines is 1. The van der Waals surface area contributed by atoms with E-state index in [2.05, 4.69) is 14.9 Å². The number of hydrogen-bond donors (Lipinski definition) is 1. The van der Waals surface area contributed by atoms with Crippen molar-refractivity contribution in [1.82, 2.24) is 14.5 Å². The molecule has 20 heavy (non-hydrogen) atoms. The van der Waals surface area contributed by atoms with Crippen LogP contribution in [0.3, 0.4) is 0 Å². The molecule has 0 spiro atoms. The van der Waals surface area contributed by atoms with E-state index >= 15 is 0 Å². The van der Waals surface area contributed by atoms with E-state index in [1.807, 2.05) is 29.3 Å². The smallest absolute Gasteiger partial charge is 0.254 e. The van der Waals surface area contributed by atoms with Crippen LogP contribution < -0.4 is 5.32 Å². The van der Waals surface area contributed by atoms with Crippen LogP contribution in [0.15, 0.2) is 30.6 Å². The van der Waals surface area contributed by atoms with E-state index in [1.165, 1.54) is 5.56 Å². The lowest BCUT2D eigenvalue weighted by Gasteiger charge is -2.27. The standard InChI is InChI=1S/C15H16N4O/c20-15(12-1-2-13-11(9-12)3-4-16-13)19-8-7-18-6-5-17-14(18)10-19/h1-2,5-6,9,16H,3-4,7-8,10H2. The number of amides is 1. The van der Waals surface area contributed by atoms with Gasteiger partial charge < -0.3 is 14.8 Å². The maximum Gasteiger partial charge on any atom is 0.254 e. The van der Waals surface area contributed by atoms with Gasteiger partial charge in [0.15, 0.2) is 0 Å². The summed E-state index contributed by atoms with van der Waals surface area (Å²) in [5.74, 6) is 1.07. The normalized spacial score (nSPS) is 16.5. The average Bonchev–Trinajstić information content (AvgIpc) is 3.13. The van der Waals surface area contributed by atoms with Gasteiger partial charge in [-0.05, 0) is 30.2 Å². The number of carbonyl (C=O) groups excluding carboxylic acids is 1. The number of aromatic nitrogens is 2. The van der Waals surface area contributed by atoms with Crippen LogP contribution in [-0.2, 0) is 19.5 Å². The first-order chi connectivity index (χ1) is 9.81. The van der Waals surface area contributed by atoms with E-state index < -0.39 is 0 Å². The minimum absolute atomic E-state index is 0.106. The minimum Gasteiger partial charge on any atom is -0.384 e. The zero-order chi connectivity index (χ0) is 13.5. The lowest BCUT2D eigenvalue weighted by atomic mass is 10.1. The van der Waals surface area contributed by atoms with Gasteiger partial charge in [-0.2, -0.15) is 0 Å². The Kier molecular flexibility index (Phi) is 2.52. The summed E-state index contributed by atoms with van der Waals surface area (Å²) in [7, 11) is 0. The van der Waals surface area contributed by atoms with Gasteiger partial charge in [-0.3, -0.25) is 4.79 Å². The maximum atomic E-state index is 12.6. The summed E-state index contributed by atoms with van der Waals surface area (Å²) in [5, 5.41) is 3.32. The predicted molar refractivity (Wildman–Crippen MR) is 75.6 cm³/mol. The van der Waals surface area contributed by atoms with Gasteiger partial charge >= 0.3 is 0 Å². The Balaban J connectivity index is 1.59. The predicted octanol–water partition coefficient (Wildman–Crippen LogP) is 1.51. The first kappa shape index (κ1) is 11.5. The van der Waals surface area contributed by atoms with Crippen molar-refractivity contribution in [3.63, 3.8) is 0 Å². The number of rotatable bonds is 1.